The van der Waals surface area contributed by atoms with Gasteiger partial charge in [0.15, 0.2) is 0 Å². The third-order valence-electron chi connectivity index (χ3n) is 1.43. The molecule has 0 amide bonds. The fourth-order valence-corrected chi connectivity index (χ4v) is 0.745. The lowest BCUT2D eigenvalue weighted by Crippen LogP contribution is -2.31. The first kappa shape index (κ1) is 10.4. The molecule has 1 atom stereocenters. The number of rotatable bonds is 5. The molecule has 0 aliphatic rings. The highest BCUT2D eigenvalue weighted by Crippen LogP contribution is 1.99. The third kappa shape index (κ3) is 4.75. The van der Waals surface area contributed by atoms with Crippen molar-refractivity contribution >= 4 is 5.97 Å². The van der Waals surface area contributed by atoms with Crippen molar-refractivity contribution in [2.24, 2.45) is 5.73 Å². The van der Waals surface area contributed by atoms with Gasteiger partial charge in [-0.15, -0.1) is 0 Å². The van der Waals surface area contributed by atoms with Gasteiger partial charge < -0.3 is 15.6 Å². The summed E-state index contributed by atoms with van der Waals surface area (Å²) in [6.07, 6.45) is 2.02. The van der Waals surface area contributed by atoms with Crippen LogP contribution < -0.4 is 5.73 Å². The van der Waals surface area contributed by atoms with Crippen LogP contribution >= 0.6 is 0 Å². The molecule has 66 valence electrons. The van der Waals surface area contributed by atoms with E-state index in [2.05, 4.69) is 4.74 Å². The van der Waals surface area contributed by atoms with Crippen LogP contribution in [0.1, 0.15) is 19.3 Å². The van der Waals surface area contributed by atoms with Crippen molar-refractivity contribution in [1.82, 2.24) is 0 Å². The van der Waals surface area contributed by atoms with Crippen LogP contribution in [0.15, 0.2) is 0 Å². The molecule has 0 saturated carbocycles. The van der Waals surface area contributed by atoms with Crippen molar-refractivity contribution in [2.45, 2.75) is 25.3 Å². The first-order valence-electron chi connectivity index (χ1n) is 3.66. The molecule has 11 heavy (non-hydrogen) atoms. The van der Waals surface area contributed by atoms with E-state index in [9.17, 15) is 4.79 Å². The zero-order chi connectivity index (χ0) is 8.69. The van der Waals surface area contributed by atoms with Crippen LogP contribution in [0, 0.1) is 0 Å². The highest BCUT2D eigenvalue weighted by Gasteiger charge is 2.11. The minimum atomic E-state index is -0.536. The number of methoxy groups -OCH3 is 1. The van der Waals surface area contributed by atoms with Crippen LogP contribution in [0.2, 0.25) is 0 Å². The smallest absolute Gasteiger partial charge is 0.322 e. The van der Waals surface area contributed by atoms with Crippen LogP contribution in [0.3, 0.4) is 0 Å². The monoisotopic (exact) mass is 161 g/mol. The molecular weight excluding hydrogens is 146 g/mol. The number of unbranched alkanes of at least 4 members (excludes halogenated alkanes) is 1. The van der Waals surface area contributed by atoms with Crippen molar-refractivity contribution < 1.29 is 14.6 Å². The molecule has 0 aromatic rings. The normalized spacial score (nSPS) is 12.6. The Morgan fingerprint density at radius 3 is 2.73 bits per heavy atom. The quantitative estimate of drug-likeness (QED) is 0.427. The summed E-state index contributed by atoms with van der Waals surface area (Å²) in [5.41, 5.74) is 5.41. The average Bonchev–Trinajstić information content (AvgIpc) is 2.03. The Kier molecular flexibility index (Phi) is 5.78. The Bertz CT molecular complexity index is 116. The van der Waals surface area contributed by atoms with Crippen LogP contribution in [0.5, 0.6) is 0 Å². The zero-order valence-corrected chi connectivity index (χ0v) is 6.75. The van der Waals surface area contributed by atoms with Gasteiger partial charge in [-0.1, -0.05) is 0 Å². The Morgan fingerprint density at radius 2 is 2.27 bits per heavy atom. The minimum absolute atomic E-state index is 0.147. The van der Waals surface area contributed by atoms with E-state index < -0.39 is 6.04 Å². The maximum Gasteiger partial charge on any atom is 0.322 e. The van der Waals surface area contributed by atoms with Gasteiger partial charge >= 0.3 is 5.97 Å². The zero-order valence-electron chi connectivity index (χ0n) is 6.75. The third-order valence-corrected chi connectivity index (χ3v) is 1.43. The fraction of sp³-hybridized carbons (Fsp3) is 0.857. The van der Waals surface area contributed by atoms with E-state index in [0.717, 1.165) is 6.42 Å². The molecule has 0 radical (unpaired) electrons. The number of ether oxygens (including phenoxy) is 1. The first-order chi connectivity index (χ1) is 5.22. The fourth-order valence-electron chi connectivity index (χ4n) is 0.745. The van der Waals surface area contributed by atoms with Crippen molar-refractivity contribution in [3.8, 4) is 0 Å². The van der Waals surface area contributed by atoms with Crippen molar-refractivity contribution in [1.29, 1.82) is 0 Å². The first-order valence-corrected chi connectivity index (χ1v) is 3.66. The van der Waals surface area contributed by atoms with Crippen LogP contribution in [-0.2, 0) is 9.53 Å². The summed E-state index contributed by atoms with van der Waals surface area (Å²) < 4.78 is 4.42. The highest BCUT2D eigenvalue weighted by molar-refractivity contribution is 5.75. The van der Waals surface area contributed by atoms with Crippen molar-refractivity contribution in [2.75, 3.05) is 13.7 Å². The van der Waals surface area contributed by atoms with Gasteiger partial charge in [0.05, 0.1) is 7.11 Å². The molecule has 0 aliphatic carbocycles. The van der Waals surface area contributed by atoms with E-state index >= 15 is 0 Å². The maximum atomic E-state index is 10.7. The molecule has 0 saturated heterocycles. The van der Waals surface area contributed by atoms with Gasteiger partial charge in [-0.05, 0) is 19.3 Å². The molecule has 0 fully saturated rings. The number of aliphatic hydroxyl groups is 1. The van der Waals surface area contributed by atoms with Crippen molar-refractivity contribution in [3.63, 3.8) is 0 Å². The van der Waals surface area contributed by atoms with Gasteiger partial charge in [0.1, 0.15) is 6.04 Å². The number of esters is 1. The summed E-state index contributed by atoms with van der Waals surface area (Å²) in [4.78, 5) is 10.7. The molecule has 0 heterocycles. The number of carbonyl (C=O) groups is 1. The lowest BCUT2D eigenvalue weighted by molar-refractivity contribution is -0.142. The average molecular weight is 161 g/mol. The second-order valence-corrected chi connectivity index (χ2v) is 2.35. The predicted molar refractivity (Wildman–Crippen MR) is 40.9 cm³/mol. The van der Waals surface area contributed by atoms with Crippen LogP contribution in [-0.4, -0.2) is 30.8 Å². The largest absolute Gasteiger partial charge is 0.468 e. The van der Waals surface area contributed by atoms with E-state index in [1.165, 1.54) is 7.11 Å². The second kappa shape index (κ2) is 6.12. The van der Waals surface area contributed by atoms with Gasteiger partial charge in [0, 0.05) is 6.61 Å². The van der Waals surface area contributed by atoms with Crippen LogP contribution in [0.4, 0.5) is 0 Å². The van der Waals surface area contributed by atoms with E-state index in [1.54, 1.807) is 0 Å². The molecule has 0 bridgehead atoms. The second-order valence-electron chi connectivity index (χ2n) is 2.35. The standard InChI is InChI=1S/C7H15NO3/c1-11-7(10)6(8)4-2-3-5-9/h6,9H,2-5,8H2,1H3/t6-/m1/s1. The Morgan fingerprint density at radius 1 is 1.64 bits per heavy atom. The number of nitrogens with two attached hydrogens (primary N) is 1. The molecular formula is C7H15NO3. The van der Waals surface area contributed by atoms with Crippen molar-refractivity contribution in [3.05, 3.63) is 0 Å². The van der Waals surface area contributed by atoms with Gasteiger partial charge in [-0.2, -0.15) is 0 Å². The number of aliphatic hydroxyl groups excluding tert-OH is 1. The minimum Gasteiger partial charge on any atom is -0.468 e. The number of carbonyl (C=O) groups excluding carboxylic acids is 1. The van der Waals surface area contributed by atoms with E-state index in [0.29, 0.717) is 12.8 Å². The summed E-state index contributed by atoms with van der Waals surface area (Å²) in [5, 5.41) is 8.42. The Balaban J connectivity index is 3.36. The number of hydrogen-bond donors (Lipinski definition) is 2. The summed E-state index contributed by atoms with van der Waals surface area (Å²) in [5.74, 6) is -0.386. The van der Waals surface area contributed by atoms with E-state index in [4.69, 9.17) is 10.8 Å². The summed E-state index contributed by atoms with van der Waals surface area (Å²) in [6.45, 7) is 0.147. The lowest BCUT2D eigenvalue weighted by Gasteiger charge is -2.07. The van der Waals surface area contributed by atoms with Gasteiger partial charge in [-0.3, -0.25) is 4.79 Å². The molecule has 4 heteroatoms. The molecule has 0 rings (SSSR count). The van der Waals surface area contributed by atoms with E-state index in [-0.39, 0.29) is 12.6 Å². The van der Waals surface area contributed by atoms with Gasteiger partial charge in [0.25, 0.3) is 0 Å². The SMILES string of the molecule is COC(=O)[C@H](N)CCCCO. The molecule has 0 aromatic heterocycles. The molecule has 3 N–H and O–H groups in total. The summed E-state index contributed by atoms with van der Waals surface area (Å²) in [7, 11) is 1.31. The number of hydrogen-bond acceptors (Lipinski definition) is 4. The maximum absolute atomic E-state index is 10.7. The molecule has 0 spiro atoms. The highest BCUT2D eigenvalue weighted by atomic mass is 16.5. The van der Waals surface area contributed by atoms with Gasteiger partial charge in [0.2, 0.25) is 0 Å². The predicted octanol–water partition coefficient (Wildman–Crippen LogP) is -0.351. The molecule has 0 aromatic carbocycles. The van der Waals surface area contributed by atoms with Gasteiger partial charge in [-0.25, -0.2) is 0 Å². The molecule has 0 unspecified atom stereocenters. The molecule has 4 nitrogen and oxygen atoms in total. The van der Waals surface area contributed by atoms with E-state index in [1.807, 2.05) is 0 Å². The summed E-state index contributed by atoms with van der Waals surface area (Å²) in [6, 6.07) is -0.536. The molecule has 0 aliphatic heterocycles. The lowest BCUT2D eigenvalue weighted by atomic mass is 10.1. The summed E-state index contributed by atoms with van der Waals surface area (Å²) >= 11 is 0. The van der Waals surface area contributed by atoms with Crippen LogP contribution in [0.25, 0.3) is 0 Å². The topological polar surface area (TPSA) is 72.5 Å². The Hall–Kier alpha value is -0.610. The Labute approximate surface area is 66.3 Å².